The summed E-state index contributed by atoms with van der Waals surface area (Å²) >= 11 is 0. The summed E-state index contributed by atoms with van der Waals surface area (Å²) in [5.41, 5.74) is 7.48. The van der Waals surface area contributed by atoms with E-state index in [1.54, 1.807) is 4.68 Å². The molecule has 0 aliphatic carbocycles. The van der Waals surface area contributed by atoms with Gasteiger partial charge in [-0.1, -0.05) is 6.92 Å². The van der Waals surface area contributed by atoms with Crippen molar-refractivity contribution in [2.45, 2.75) is 19.4 Å². The normalized spacial score (nSPS) is 21.8. The van der Waals surface area contributed by atoms with Crippen LogP contribution in [-0.2, 0) is 11.2 Å². The fourth-order valence-electron chi connectivity index (χ4n) is 4.17. The number of rotatable bonds is 2. The van der Waals surface area contributed by atoms with E-state index in [2.05, 4.69) is 6.92 Å². The van der Waals surface area contributed by atoms with Crippen LogP contribution in [0.1, 0.15) is 22.8 Å². The monoisotopic (exact) mass is 374 g/mol. The Labute approximate surface area is 156 Å². The van der Waals surface area contributed by atoms with Crippen LogP contribution in [0.2, 0.25) is 0 Å². The minimum atomic E-state index is -0.727. The largest absolute Gasteiger partial charge is 0.465 e. The summed E-state index contributed by atoms with van der Waals surface area (Å²) in [6.07, 6.45) is 2.09. The van der Waals surface area contributed by atoms with E-state index in [4.69, 9.17) is 10.5 Å². The molecule has 2 atom stereocenters. The van der Waals surface area contributed by atoms with Gasteiger partial charge in [0.25, 0.3) is 0 Å². The molecule has 4 rings (SSSR count). The maximum Gasteiger partial charge on any atom is 0.343 e. The number of nitrogens with two attached hydrogens (primary N) is 1. The zero-order valence-electron chi connectivity index (χ0n) is 15.7. The molecule has 2 aliphatic heterocycles. The molecular formula is C19H23FN4O3. The van der Waals surface area contributed by atoms with Gasteiger partial charge in [-0.05, 0) is 18.4 Å². The number of methoxy groups -OCH3 is 1. The summed E-state index contributed by atoms with van der Waals surface area (Å²) in [5.74, 6) is -0.911. The molecule has 1 fully saturated rings. The summed E-state index contributed by atoms with van der Waals surface area (Å²) in [5, 5.41) is 2.10. The van der Waals surface area contributed by atoms with Crippen molar-refractivity contribution in [3.63, 3.8) is 0 Å². The molecule has 144 valence electrons. The highest BCUT2D eigenvalue weighted by Crippen LogP contribution is 2.36. The van der Waals surface area contributed by atoms with E-state index < -0.39 is 17.2 Å². The predicted octanol–water partition coefficient (Wildman–Crippen LogP) is 0.835. The van der Waals surface area contributed by atoms with Crippen LogP contribution >= 0.6 is 0 Å². The Bertz CT molecular complexity index is 993. The third-order valence-corrected chi connectivity index (χ3v) is 5.74. The minimum absolute atomic E-state index is 0.0116. The van der Waals surface area contributed by atoms with Crippen molar-refractivity contribution in [1.82, 2.24) is 4.68 Å². The third kappa shape index (κ3) is 2.58. The number of hydrogen-bond acceptors (Lipinski definition) is 6. The van der Waals surface area contributed by atoms with E-state index in [0.717, 1.165) is 5.56 Å². The number of esters is 1. The summed E-state index contributed by atoms with van der Waals surface area (Å²) in [6, 6.07) is 1.23. The molecule has 27 heavy (non-hydrogen) atoms. The molecule has 0 bridgehead atoms. The van der Waals surface area contributed by atoms with Crippen LogP contribution in [0.4, 0.5) is 10.1 Å². The van der Waals surface area contributed by atoms with Gasteiger partial charge in [0.2, 0.25) is 5.43 Å². The van der Waals surface area contributed by atoms with Crippen LogP contribution < -0.4 is 21.1 Å². The lowest BCUT2D eigenvalue weighted by Crippen LogP contribution is -2.39. The molecule has 2 N–H and O–H groups in total. The average molecular weight is 374 g/mol. The number of aromatic nitrogens is 1. The topological polar surface area (TPSA) is 80.8 Å². The van der Waals surface area contributed by atoms with Gasteiger partial charge in [-0.2, -0.15) is 0 Å². The molecule has 3 heterocycles. The second-order valence-electron chi connectivity index (χ2n) is 7.47. The Morgan fingerprint density at radius 1 is 1.37 bits per heavy atom. The molecule has 8 heteroatoms. The number of anilines is 1. The highest BCUT2D eigenvalue weighted by atomic mass is 19.1. The fourth-order valence-corrected chi connectivity index (χ4v) is 4.17. The van der Waals surface area contributed by atoms with E-state index in [1.807, 2.05) is 17.0 Å². The lowest BCUT2D eigenvalue weighted by Gasteiger charge is -2.33. The third-order valence-electron chi connectivity index (χ3n) is 5.74. The van der Waals surface area contributed by atoms with Crippen molar-refractivity contribution in [2.24, 2.45) is 11.7 Å². The highest BCUT2D eigenvalue weighted by Gasteiger charge is 2.33. The Morgan fingerprint density at radius 2 is 2.11 bits per heavy atom. The van der Waals surface area contributed by atoms with Gasteiger partial charge in [-0.15, -0.1) is 0 Å². The Kier molecular flexibility index (Phi) is 4.10. The number of carbonyl (C=O) groups excluding carboxylic acids is 1. The molecule has 0 amide bonds. The Balaban J connectivity index is 2.02. The lowest BCUT2D eigenvalue weighted by molar-refractivity contribution is 0.0598. The van der Waals surface area contributed by atoms with Crippen molar-refractivity contribution in [2.75, 3.05) is 43.7 Å². The molecule has 7 nitrogen and oxygen atoms in total. The van der Waals surface area contributed by atoms with Gasteiger partial charge in [-0.25, -0.2) is 9.18 Å². The van der Waals surface area contributed by atoms with Gasteiger partial charge < -0.3 is 20.4 Å². The second kappa shape index (κ2) is 6.23. The van der Waals surface area contributed by atoms with E-state index in [9.17, 15) is 9.59 Å². The van der Waals surface area contributed by atoms with Crippen LogP contribution in [0.25, 0.3) is 10.9 Å². The van der Waals surface area contributed by atoms with Crippen molar-refractivity contribution in [3.05, 3.63) is 39.4 Å². The van der Waals surface area contributed by atoms with Gasteiger partial charge in [-0.3, -0.25) is 9.47 Å². The van der Waals surface area contributed by atoms with Gasteiger partial charge >= 0.3 is 5.97 Å². The highest BCUT2D eigenvalue weighted by molar-refractivity contribution is 5.96. The van der Waals surface area contributed by atoms with E-state index in [0.29, 0.717) is 37.3 Å². The summed E-state index contributed by atoms with van der Waals surface area (Å²) in [4.78, 5) is 26.8. The summed E-state index contributed by atoms with van der Waals surface area (Å²) in [6.45, 7) is 3.95. The summed E-state index contributed by atoms with van der Waals surface area (Å²) < 4.78 is 21.6. The maximum absolute atomic E-state index is 15.2. The molecule has 0 radical (unpaired) electrons. The molecule has 2 aliphatic rings. The van der Waals surface area contributed by atoms with Crippen LogP contribution in [-0.4, -0.2) is 50.5 Å². The molecule has 0 spiro atoms. The number of carbonyl (C=O) groups is 1. The zero-order valence-corrected chi connectivity index (χ0v) is 15.7. The first-order valence-electron chi connectivity index (χ1n) is 9.04. The Hall–Kier alpha value is -2.61. The van der Waals surface area contributed by atoms with Crippen molar-refractivity contribution in [1.29, 1.82) is 0 Å². The quantitative estimate of drug-likeness (QED) is 0.785. The van der Waals surface area contributed by atoms with Gasteiger partial charge in [0, 0.05) is 44.5 Å². The number of nitrogens with zero attached hydrogens (tertiary/aromatic N) is 3. The number of likely N-dealkylation sites (N-methyl/N-ethyl adjacent to an activating group) is 1. The minimum Gasteiger partial charge on any atom is -0.465 e. The van der Waals surface area contributed by atoms with Gasteiger partial charge in [0.15, 0.2) is 0 Å². The number of pyridine rings is 1. The van der Waals surface area contributed by atoms with Crippen LogP contribution in [0.5, 0.6) is 0 Å². The number of halogens is 1. The standard InChI is InChI=1S/C19H23FN4O3/c1-10-7-23(9-15(10)21)17-11-4-5-22(2)24-8-13(19(26)27-3)18(25)12(16(11)24)6-14(17)20/h6,8,10,15H,4-5,7,9,21H2,1-3H3/t10-,15+/m1/s1. The van der Waals surface area contributed by atoms with Gasteiger partial charge in [0.05, 0.1) is 23.7 Å². The average Bonchev–Trinajstić information content (AvgIpc) is 2.97. The van der Waals surface area contributed by atoms with Crippen molar-refractivity contribution >= 4 is 22.6 Å². The molecule has 1 aromatic carbocycles. The molecule has 0 saturated carbocycles. The van der Waals surface area contributed by atoms with E-state index >= 15 is 4.39 Å². The van der Waals surface area contributed by atoms with E-state index in [-0.39, 0.29) is 22.9 Å². The van der Waals surface area contributed by atoms with Crippen LogP contribution in [0.15, 0.2) is 17.1 Å². The number of benzene rings is 1. The maximum atomic E-state index is 15.2. The molecule has 0 unspecified atom stereocenters. The number of ether oxygens (including phenoxy) is 1. The van der Waals surface area contributed by atoms with E-state index in [1.165, 1.54) is 19.4 Å². The first-order valence-corrected chi connectivity index (χ1v) is 9.04. The smallest absolute Gasteiger partial charge is 0.343 e. The SMILES string of the molecule is COC(=O)c1cn2c3c(c(N4C[C@@H](C)[C@@H](N)C4)c(F)cc3c1=O)CCN2C. The lowest BCUT2D eigenvalue weighted by atomic mass is 9.99. The molecule has 1 aromatic heterocycles. The molecule has 1 saturated heterocycles. The first kappa shape index (κ1) is 17.8. The van der Waals surface area contributed by atoms with Crippen LogP contribution in [0, 0.1) is 11.7 Å². The Morgan fingerprint density at radius 3 is 2.74 bits per heavy atom. The second-order valence-corrected chi connectivity index (χ2v) is 7.47. The van der Waals surface area contributed by atoms with Crippen molar-refractivity contribution < 1.29 is 13.9 Å². The first-order chi connectivity index (χ1) is 12.8. The zero-order chi connectivity index (χ0) is 19.5. The molecular weight excluding hydrogens is 351 g/mol. The number of hydrogen-bond donors (Lipinski definition) is 1. The fraction of sp³-hybridized carbons (Fsp3) is 0.474. The molecule has 2 aromatic rings. The summed E-state index contributed by atoms with van der Waals surface area (Å²) in [7, 11) is 3.09. The predicted molar refractivity (Wildman–Crippen MR) is 102 cm³/mol. The van der Waals surface area contributed by atoms with Crippen LogP contribution in [0.3, 0.4) is 0 Å². The van der Waals surface area contributed by atoms with Gasteiger partial charge in [0.1, 0.15) is 11.4 Å². The van der Waals surface area contributed by atoms with Crippen molar-refractivity contribution in [3.8, 4) is 0 Å².